The van der Waals surface area contributed by atoms with Gasteiger partial charge in [0.15, 0.2) is 0 Å². The van der Waals surface area contributed by atoms with Gasteiger partial charge in [-0.15, -0.1) is 0 Å². The van der Waals surface area contributed by atoms with Gasteiger partial charge in [-0.25, -0.2) is 4.98 Å². The zero-order valence-electron chi connectivity index (χ0n) is 12.7. The van der Waals surface area contributed by atoms with Crippen LogP contribution in [0.2, 0.25) is 0 Å². The van der Waals surface area contributed by atoms with E-state index in [0.717, 1.165) is 43.0 Å². The molecular formula is C16H22N4O. The first-order chi connectivity index (χ1) is 10.1. The lowest BCUT2D eigenvalue weighted by Crippen LogP contribution is -2.40. The third-order valence-electron chi connectivity index (χ3n) is 4.54. The molecule has 21 heavy (non-hydrogen) atoms. The summed E-state index contributed by atoms with van der Waals surface area (Å²) in [5, 5.41) is 4.06. The summed E-state index contributed by atoms with van der Waals surface area (Å²) in [6, 6.07) is 5.78. The van der Waals surface area contributed by atoms with Crippen LogP contribution in [-0.2, 0) is 5.54 Å². The van der Waals surface area contributed by atoms with Crippen molar-refractivity contribution in [2.45, 2.75) is 51.5 Å². The molecular weight excluding hydrogens is 264 g/mol. The Balaban J connectivity index is 1.82. The van der Waals surface area contributed by atoms with Crippen molar-refractivity contribution in [1.82, 2.24) is 15.1 Å². The summed E-state index contributed by atoms with van der Waals surface area (Å²) in [6.07, 6.45) is 5.31. The molecule has 0 bridgehead atoms. The molecule has 5 heteroatoms. The van der Waals surface area contributed by atoms with Gasteiger partial charge in [-0.3, -0.25) is 0 Å². The first kappa shape index (κ1) is 14.2. The van der Waals surface area contributed by atoms with Gasteiger partial charge >= 0.3 is 0 Å². The number of hydrogen-bond acceptors (Lipinski definition) is 5. The van der Waals surface area contributed by atoms with Crippen LogP contribution in [-0.4, -0.2) is 15.1 Å². The van der Waals surface area contributed by atoms with Crippen molar-refractivity contribution < 1.29 is 4.52 Å². The zero-order chi connectivity index (χ0) is 14.9. The van der Waals surface area contributed by atoms with Crippen LogP contribution >= 0.6 is 0 Å². The number of rotatable bonds is 3. The van der Waals surface area contributed by atoms with Crippen molar-refractivity contribution in [3.8, 4) is 11.5 Å². The summed E-state index contributed by atoms with van der Waals surface area (Å²) in [5.74, 6) is 1.86. The topological polar surface area (TPSA) is 77.8 Å². The normalized spacial score (nSPS) is 26.0. The van der Waals surface area contributed by atoms with E-state index in [1.807, 2.05) is 25.1 Å². The van der Waals surface area contributed by atoms with Crippen LogP contribution in [0.4, 0.5) is 0 Å². The minimum atomic E-state index is -0.471. The van der Waals surface area contributed by atoms with Crippen LogP contribution < -0.4 is 5.73 Å². The third kappa shape index (κ3) is 2.83. The van der Waals surface area contributed by atoms with Crippen molar-refractivity contribution >= 4 is 0 Å². The van der Waals surface area contributed by atoms with Gasteiger partial charge in [-0.2, -0.15) is 4.98 Å². The molecule has 0 radical (unpaired) electrons. The van der Waals surface area contributed by atoms with Crippen molar-refractivity contribution in [3.63, 3.8) is 0 Å². The Kier molecular flexibility index (Phi) is 3.76. The molecule has 1 fully saturated rings. The highest BCUT2D eigenvalue weighted by Crippen LogP contribution is 2.38. The minimum Gasteiger partial charge on any atom is -0.337 e. The second-order valence-electron chi connectivity index (χ2n) is 6.10. The largest absolute Gasteiger partial charge is 0.337 e. The Morgan fingerprint density at radius 1 is 1.29 bits per heavy atom. The first-order valence-electron chi connectivity index (χ1n) is 7.68. The van der Waals surface area contributed by atoms with Gasteiger partial charge in [0, 0.05) is 5.69 Å². The predicted molar refractivity (Wildman–Crippen MR) is 80.4 cm³/mol. The maximum Gasteiger partial charge on any atom is 0.247 e. The summed E-state index contributed by atoms with van der Waals surface area (Å²) in [4.78, 5) is 8.93. The van der Waals surface area contributed by atoms with Gasteiger partial charge in [0.2, 0.25) is 11.7 Å². The van der Waals surface area contributed by atoms with Gasteiger partial charge in [0.05, 0.1) is 5.54 Å². The maximum atomic E-state index is 6.50. The number of aryl methyl sites for hydroxylation is 1. The molecule has 1 aliphatic rings. The minimum absolute atomic E-state index is 0.471. The molecule has 112 valence electrons. The van der Waals surface area contributed by atoms with E-state index in [9.17, 15) is 0 Å². The second-order valence-corrected chi connectivity index (χ2v) is 6.10. The summed E-state index contributed by atoms with van der Waals surface area (Å²) in [5.41, 5.74) is 7.70. The number of nitrogens with zero attached hydrogens (tertiary/aromatic N) is 3. The highest BCUT2D eigenvalue weighted by molar-refractivity contribution is 5.48. The Bertz CT molecular complexity index is 614. The molecule has 0 saturated heterocycles. The van der Waals surface area contributed by atoms with Crippen LogP contribution in [0, 0.1) is 12.8 Å². The van der Waals surface area contributed by atoms with Crippen LogP contribution in [0.1, 0.15) is 50.6 Å². The molecule has 2 aromatic heterocycles. The molecule has 0 unspecified atom stereocenters. The number of aromatic nitrogens is 3. The van der Waals surface area contributed by atoms with Gasteiger partial charge in [-0.1, -0.05) is 24.6 Å². The molecule has 1 aliphatic carbocycles. The van der Waals surface area contributed by atoms with E-state index in [2.05, 4.69) is 22.0 Å². The second kappa shape index (κ2) is 5.56. The lowest BCUT2D eigenvalue weighted by molar-refractivity contribution is 0.181. The van der Waals surface area contributed by atoms with Crippen molar-refractivity contribution in [3.05, 3.63) is 29.8 Å². The lowest BCUT2D eigenvalue weighted by Gasteiger charge is -2.33. The number of pyridine rings is 1. The van der Waals surface area contributed by atoms with E-state index in [-0.39, 0.29) is 0 Å². The number of nitrogens with two attached hydrogens (primary N) is 1. The summed E-state index contributed by atoms with van der Waals surface area (Å²) in [7, 11) is 0. The van der Waals surface area contributed by atoms with E-state index in [0.29, 0.717) is 11.7 Å². The van der Waals surface area contributed by atoms with E-state index >= 15 is 0 Å². The Hall–Kier alpha value is -1.75. The molecule has 2 heterocycles. The fourth-order valence-electron chi connectivity index (χ4n) is 3.01. The molecule has 0 spiro atoms. The van der Waals surface area contributed by atoms with E-state index in [1.54, 1.807) is 0 Å². The van der Waals surface area contributed by atoms with Crippen molar-refractivity contribution in [2.75, 3.05) is 0 Å². The van der Waals surface area contributed by atoms with Crippen LogP contribution in [0.15, 0.2) is 22.7 Å². The van der Waals surface area contributed by atoms with Crippen LogP contribution in [0.5, 0.6) is 0 Å². The number of hydrogen-bond donors (Lipinski definition) is 1. The summed E-state index contributed by atoms with van der Waals surface area (Å²) < 4.78 is 5.44. The van der Waals surface area contributed by atoms with Gasteiger partial charge < -0.3 is 10.3 Å². The van der Waals surface area contributed by atoms with Crippen molar-refractivity contribution in [1.29, 1.82) is 0 Å². The fourth-order valence-corrected chi connectivity index (χ4v) is 3.01. The monoisotopic (exact) mass is 286 g/mol. The molecule has 3 rings (SSSR count). The smallest absolute Gasteiger partial charge is 0.247 e. The van der Waals surface area contributed by atoms with Gasteiger partial charge in [0.25, 0.3) is 0 Å². The average Bonchev–Trinajstić information content (AvgIpc) is 2.99. The molecule has 0 atom stereocenters. The van der Waals surface area contributed by atoms with E-state index in [1.165, 1.54) is 6.42 Å². The van der Waals surface area contributed by atoms with E-state index in [4.69, 9.17) is 10.3 Å². The van der Waals surface area contributed by atoms with E-state index < -0.39 is 5.54 Å². The summed E-state index contributed by atoms with van der Waals surface area (Å²) >= 11 is 0. The average molecular weight is 286 g/mol. The SMILES string of the molecule is CCC1CCC(N)(c2nc(-c3cccc(C)n3)no2)CC1. The maximum absolute atomic E-state index is 6.50. The molecule has 0 amide bonds. The Labute approximate surface area is 125 Å². The molecule has 0 aliphatic heterocycles. The van der Waals surface area contributed by atoms with Crippen LogP contribution in [0.3, 0.4) is 0 Å². The zero-order valence-corrected chi connectivity index (χ0v) is 12.7. The van der Waals surface area contributed by atoms with Gasteiger partial charge in [-0.05, 0) is 50.7 Å². The Morgan fingerprint density at radius 3 is 2.71 bits per heavy atom. The first-order valence-corrected chi connectivity index (χ1v) is 7.68. The van der Waals surface area contributed by atoms with Gasteiger partial charge in [0.1, 0.15) is 5.69 Å². The predicted octanol–water partition coefficient (Wildman–Crippen LogP) is 3.19. The summed E-state index contributed by atoms with van der Waals surface area (Å²) in [6.45, 7) is 4.18. The van der Waals surface area contributed by atoms with Crippen LogP contribution in [0.25, 0.3) is 11.5 Å². The Morgan fingerprint density at radius 2 is 2.05 bits per heavy atom. The molecule has 2 aromatic rings. The quantitative estimate of drug-likeness (QED) is 0.937. The molecule has 2 N–H and O–H groups in total. The van der Waals surface area contributed by atoms with Crippen molar-refractivity contribution in [2.24, 2.45) is 11.7 Å². The molecule has 0 aromatic carbocycles. The highest BCUT2D eigenvalue weighted by atomic mass is 16.5. The third-order valence-corrected chi connectivity index (χ3v) is 4.54. The molecule has 5 nitrogen and oxygen atoms in total. The highest BCUT2D eigenvalue weighted by Gasteiger charge is 2.37. The standard InChI is InChI=1S/C16H22N4O/c1-3-12-7-9-16(17,10-8-12)15-19-14(20-21-15)13-6-4-5-11(2)18-13/h4-6,12H,3,7-10,17H2,1-2H3. The fraction of sp³-hybridized carbons (Fsp3) is 0.562. The molecule has 1 saturated carbocycles. The lowest BCUT2D eigenvalue weighted by atomic mass is 9.76.